The van der Waals surface area contributed by atoms with E-state index < -0.39 is 0 Å². The fourth-order valence-electron chi connectivity index (χ4n) is 1.94. The Morgan fingerprint density at radius 1 is 1.00 bits per heavy atom. The molecule has 0 amide bonds. The second kappa shape index (κ2) is 6.10. The minimum atomic E-state index is -0.0316. The lowest BCUT2D eigenvalue weighted by Gasteiger charge is -2.09. The Hall–Kier alpha value is -1.13. The van der Waals surface area contributed by atoms with Gasteiger partial charge in [-0.3, -0.25) is 4.79 Å². The lowest BCUT2D eigenvalue weighted by Crippen LogP contribution is -2.04. The monoisotopic (exact) mass is 396 g/mol. The van der Waals surface area contributed by atoms with Gasteiger partial charge in [-0.25, -0.2) is 0 Å². The molecule has 0 aromatic heterocycles. The molecular formula is C16H14Br2O2. The molecule has 20 heavy (non-hydrogen) atoms. The first-order valence-electron chi connectivity index (χ1n) is 6.09. The van der Waals surface area contributed by atoms with Crippen molar-refractivity contribution in [2.75, 3.05) is 7.11 Å². The molecule has 2 aromatic rings. The molecule has 0 aliphatic rings. The van der Waals surface area contributed by atoms with Gasteiger partial charge in [0.2, 0.25) is 0 Å². The Morgan fingerprint density at radius 3 is 2.35 bits per heavy atom. The van der Waals surface area contributed by atoms with Crippen LogP contribution < -0.4 is 4.74 Å². The SMILES string of the molecule is COc1cc(C(=O)c2cc(Br)c(C)cc2Br)ccc1C. The highest BCUT2D eigenvalue weighted by Crippen LogP contribution is 2.28. The van der Waals surface area contributed by atoms with E-state index in [4.69, 9.17) is 4.74 Å². The third kappa shape index (κ3) is 2.96. The number of benzene rings is 2. The van der Waals surface area contributed by atoms with Gasteiger partial charge in [-0.2, -0.15) is 0 Å². The van der Waals surface area contributed by atoms with Crippen molar-refractivity contribution in [2.45, 2.75) is 13.8 Å². The van der Waals surface area contributed by atoms with Crippen molar-refractivity contribution in [1.29, 1.82) is 0 Å². The molecule has 0 fully saturated rings. The minimum absolute atomic E-state index is 0.0316. The molecule has 0 saturated heterocycles. The first kappa shape index (κ1) is 15.3. The molecule has 0 heterocycles. The van der Waals surface area contributed by atoms with Crippen LogP contribution in [0.5, 0.6) is 5.75 Å². The van der Waals surface area contributed by atoms with Crippen LogP contribution in [0.1, 0.15) is 27.0 Å². The highest BCUT2D eigenvalue weighted by atomic mass is 79.9. The van der Waals surface area contributed by atoms with Crippen molar-refractivity contribution in [1.82, 2.24) is 0 Å². The summed E-state index contributed by atoms with van der Waals surface area (Å²) in [7, 11) is 1.61. The van der Waals surface area contributed by atoms with Gasteiger partial charge >= 0.3 is 0 Å². The Labute approximate surface area is 135 Å². The topological polar surface area (TPSA) is 26.3 Å². The largest absolute Gasteiger partial charge is 0.496 e. The molecule has 0 bridgehead atoms. The van der Waals surface area contributed by atoms with Gasteiger partial charge in [0.15, 0.2) is 5.78 Å². The van der Waals surface area contributed by atoms with Crippen LogP contribution in [0.3, 0.4) is 0 Å². The van der Waals surface area contributed by atoms with E-state index in [0.717, 1.165) is 25.8 Å². The third-order valence-corrected chi connectivity index (χ3v) is 4.67. The van der Waals surface area contributed by atoms with Gasteiger partial charge in [0.05, 0.1) is 7.11 Å². The molecule has 0 aliphatic heterocycles. The van der Waals surface area contributed by atoms with Crippen LogP contribution in [0.25, 0.3) is 0 Å². The molecule has 0 atom stereocenters. The number of carbonyl (C=O) groups excluding carboxylic acids is 1. The molecule has 104 valence electrons. The fourth-order valence-corrected chi connectivity index (χ4v) is 2.92. The van der Waals surface area contributed by atoms with Crippen LogP contribution in [-0.2, 0) is 0 Å². The van der Waals surface area contributed by atoms with Crippen molar-refractivity contribution < 1.29 is 9.53 Å². The maximum atomic E-state index is 12.6. The maximum absolute atomic E-state index is 12.6. The Kier molecular flexibility index (Phi) is 4.66. The van der Waals surface area contributed by atoms with E-state index >= 15 is 0 Å². The summed E-state index contributed by atoms with van der Waals surface area (Å²) in [5, 5.41) is 0. The zero-order valence-electron chi connectivity index (χ0n) is 11.5. The second-order valence-electron chi connectivity index (χ2n) is 4.59. The van der Waals surface area contributed by atoms with Gasteiger partial charge in [-0.15, -0.1) is 0 Å². The molecule has 0 aliphatic carbocycles. The minimum Gasteiger partial charge on any atom is -0.496 e. The number of rotatable bonds is 3. The van der Waals surface area contributed by atoms with Crippen molar-refractivity contribution in [3.05, 3.63) is 61.5 Å². The zero-order valence-corrected chi connectivity index (χ0v) is 14.6. The average Bonchev–Trinajstić information content (AvgIpc) is 2.42. The summed E-state index contributed by atoms with van der Waals surface area (Å²) >= 11 is 6.92. The number of hydrogen-bond donors (Lipinski definition) is 0. The number of halogens is 2. The molecule has 2 aromatic carbocycles. The van der Waals surface area contributed by atoms with Crippen LogP contribution in [-0.4, -0.2) is 12.9 Å². The van der Waals surface area contributed by atoms with E-state index in [1.807, 2.05) is 38.1 Å². The number of ether oxygens (including phenoxy) is 1. The van der Waals surface area contributed by atoms with Gasteiger partial charge < -0.3 is 4.74 Å². The van der Waals surface area contributed by atoms with Crippen LogP contribution >= 0.6 is 31.9 Å². The van der Waals surface area contributed by atoms with E-state index in [1.54, 1.807) is 13.2 Å². The highest BCUT2D eigenvalue weighted by Gasteiger charge is 2.15. The lowest BCUT2D eigenvalue weighted by atomic mass is 10.0. The number of ketones is 1. The highest BCUT2D eigenvalue weighted by molar-refractivity contribution is 9.11. The summed E-state index contributed by atoms with van der Waals surface area (Å²) in [6, 6.07) is 9.26. The van der Waals surface area contributed by atoms with Crippen LogP contribution in [0, 0.1) is 13.8 Å². The smallest absolute Gasteiger partial charge is 0.194 e. The van der Waals surface area contributed by atoms with E-state index in [2.05, 4.69) is 31.9 Å². The van der Waals surface area contributed by atoms with E-state index in [0.29, 0.717) is 11.1 Å². The molecule has 0 radical (unpaired) electrons. The summed E-state index contributed by atoms with van der Waals surface area (Å²) in [5.41, 5.74) is 3.33. The second-order valence-corrected chi connectivity index (χ2v) is 6.30. The lowest BCUT2D eigenvalue weighted by molar-refractivity contribution is 0.103. The molecule has 2 rings (SSSR count). The predicted octanol–water partition coefficient (Wildman–Crippen LogP) is 5.07. The standard InChI is InChI=1S/C16H14Br2O2/c1-9-4-5-11(7-15(9)20-3)16(19)12-8-13(17)10(2)6-14(12)18/h4-8H,1-3H3. The Balaban J connectivity index is 2.49. The predicted molar refractivity (Wildman–Crippen MR) is 87.7 cm³/mol. The average molecular weight is 398 g/mol. The summed E-state index contributed by atoms with van der Waals surface area (Å²) in [4.78, 5) is 12.6. The third-order valence-electron chi connectivity index (χ3n) is 3.16. The number of carbonyl (C=O) groups is 1. The molecule has 4 heteroatoms. The van der Waals surface area contributed by atoms with E-state index in [9.17, 15) is 4.79 Å². The quantitative estimate of drug-likeness (QED) is 0.676. The summed E-state index contributed by atoms with van der Waals surface area (Å²) < 4.78 is 6.99. The first-order valence-corrected chi connectivity index (χ1v) is 7.67. The number of aryl methyl sites for hydroxylation is 2. The van der Waals surface area contributed by atoms with Crippen molar-refractivity contribution >= 4 is 37.6 Å². The first-order chi connectivity index (χ1) is 9.43. The normalized spacial score (nSPS) is 10.4. The van der Waals surface area contributed by atoms with Crippen molar-refractivity contribution in [3.63, 3.8) is 0 Å². The number of hydrogen-bond acceptors (Lipinski definition) is 2. The maximum Gasteiger partial charge on any atom is 0.194 e. The summed E-state index contributed by atoms with van der Waals surface area (Å²) in [6.45, 7) is 3.93. The molecule has 0 N–H and O–H groups in total. The van der Waals surface area contributed by atoms with E-state index in [1.165, 1.54) is 0 Å². The van der Waals surface area contributed by atoms with Gasteiger partial charge in [0.25, 0.3) is 0 Å². The fraction of sp³-hybridized carbons (Fsp3) is 0.188. The Morgan fingerprint density at radius 2 is 1.70 bits per heavy atom. The molecule has 0 unspecified atom stereocenters. The zero-order chi connectivity index (χ0) is 14.9. The van der Waals surface area contributed by atoms with E-state index in [-0.39, 0.29) is 5.78 Å². The van der Waals surface area contributed by atoms with Gasteiger partial charge in [-0.05, 0) is 43.2 Å². The number of methoxy groups -OCH3 is 1. The molecule has 0 spiro atoms. The Bertz CT molecular complexity index is 678. The van der Waals surface area contributed by atoms with Crippen LogP contribution in [0.2, 0.25) is 0 Å². The molecule has 2 nitrogen and oxygen atoms in total. The van der Waals surface area contributed by atoms with Crippen LogP contribution in [0.4, 0.5) is 0 Å². The van der Waals surface area contributed by atoms with Crippen molar-refractivity contribution in [3.8, 4) is 5.75 Å². The van der Waals surface area contributed by atoms with Gasteiger partial charge in [0, 0.05) is 20.1 Å². The van der Waals surface area contributed by atoms with Crippen LogP contribution in [0.15, 0.2) is 39.3 Å². The van der Waals surface area contributed by atoms with Gasteiger partial charge in [0.1, 0.15) is 5.75 Å². The molecule has 0 saturated carbocycles. The summed E-state index contributed by atoms with van der Waals surface area (Å²) in [6.07, 6.45) is 0. The van der Waals surface area contributed by atoms with Crippen molar-refractivity contribution in [2.24, 2.45) is 0 Å². The van der Waals surface area contributed by atoms with Gasteiger partial charge in [-0.1, -0.05) is 44.0 Å². The summed E-state index contributed by atoms with van der Waals surface area (Å²) in [5.74, 6) is 0.689. The molecular weight excluding hydrogens is 384 g/mol.